The number of anilines is 1. The number of fused-ring (bicyclic) bond motifs is 1. The zero-order valence-corrected chi connectivity index (χ0v) is 13.9. The van der Waals surface area contributed by atoms with Crippen LogP contribution in [0.2, 0.25) is 0 Å². The van der Waals surface area contributed by atoms with Crippen molar-refractivity contribution in [2.24, 2.45) is 0 Å². The van der Waals surface area contributed by atoms with E-state index in [-0.39, 0.29) is 6.10 Å². The molecule has 4 rings (SSSR count). The number of aromatic amines is 1. The molecule has 0 saturated carbocycles. The Balaban J connectivity index is 1.74. The van der Waals surface area contributed by atoms with Crippen molar-refractivity contribution >= 4 is 16.6 Å². The van der Waals surface area contributed by atoms with E-state index < -0.39 is 0 Å². The van der Waals surface area contributed by atoms with Gasteiger partial charge in [-0.2, -0.15) is 5.10 Å². The number of hydrogen-bond acceptors (Lipinski definition) is 4. The maximum absolute atomic E-state index is 10.1. The lowest BCUT2D eigenvalue weighted by Gasteiger charge is -2.39. The summed E-state index contributed by atoms with van der Waals surface area (Å²) in [6.45, 7) is 3.10. The van der Waals surface area contributed by atoms with Crippen molar-refractivity contribution in [2.75, 3.05) is 11.4 Å². The molecule has 0 radical (unpaired) electrons. The van der Waals surface area contributed by atoms with Crippen molar-refractivity contribution in [3.8, 4) is 5.69 Å². The van der Waals surface area contributed by atoms with E-state index in [9.17, 15) is 5.11 Å². The topological polar surface area (TPSA) is 70.0 Å². The molecule has 2 aromatic heterocycles. The number of piperidine rings is 1. The van der Waals surface area contributed by atoms with Gasteiger partial charge >= 0.3 is 0 Å². The highest BCUT2D eigenvalue weighted by Crippen LogP contribution is 2.34. The van der Waals surface area contributed by atoms with Crippen molar-refractivity contribution in [3.63, 3.8) is 0 Å². The first-order valence-corrected chi connectivity index (χ1v) is 8.67. The maximum Gasteiger partial charge on any atom is 0.138 e. The largest absolute Gasteiger partial charge is 0.393 e. The molecule has 6 heteroatoms. The van der Waals surface area contributed by atoms with Gasteiger partial charge in [-0.1, -0.05) is 13.3 Å². The number of H-pyrrole nitrogens is 1. The van der Waals surface area contributed by atoms with Crippen molar-refractivity contribution in [3.05, 3.63) is 37.1 Å². The number of rotatable bonds is 4. The lowest BCUT2D eigenvalue weighted by Crippen LogP contribution is -2.44. The third-order valence-corrected chi connectivity index (χ3v) is 4.95. The molecule has 2 unspecified atom stereocenters. The molecule has 2 N–H and O–H groups in total. The van der Waals surface area contributed by atoms with Gasteiger partial charge in [-0.05, 0) is 37.5 Å². The Bertz CT molecular complexity index is 810. The molecule has 0 spiro atoms. The molecule has 0 amide bonds. The summed E-state index contributed by atoms with van der Waals surface area (Å²) in [4.78, 5) is 9.87. The minimum absolute atomic E-state index is 0.172. The molecule has 6 nitrogen and oxygen atoms in total. The predicted octanol–water partition coefficient (Wildman–Crippen LogP) is 2.88. The standard InChI is InChI=1S/C18H23N5O/c1-2-3-13-8-15(24)6-7-22(13)18-10-20-17-5-4-14(9-16(17)18)23-12-19-11-21-23/h4-5,9-13,15,20,24H,2-3,6-8H2,1H3. The Morgan fingerprint density at radius 3 is 3.08 bits per heavy atom. The van der Waals surface area contributed by atoms with Crippen LogP contribution in [0, 0.1) is 0 Å². The van der Waals surface area contributed by atoms with E-state index in [0.717, 1.165) is 43.4 Å². The molecule has 1 aliphatic rings. The number of aromatic nitrogens is 4. The van der Waals surface area contributed by atoms with Crippen molar-refractivity contribution < 1.29 is 5.11 Å². The second-order valence-corrected chi connectivity index (χ2v) is 6.56. The smallest absolute Gasteiger partial charge is 0.138 e. The van der Waals surface area contributed by atoms with Crippen LogP contribution >= 0.6 is 0 Å². The van der Waals surface area contributed by atoms with Gasteiger partial charge < -0.3 is 15.0 Å². The molecule has 3 aromatic rings. The third kappa shape index (κ3) is 2.67. The molecule has 24 heavy (non-hydrogen) atoms. The predicted molar refractivity (Wildman–Crippen MR) is 94.5 cm³/mol. The Morgan fingerprint density at radius 2 is 2.29 bits per heavy atom. The molecule has 3 heterocycles. The van der Waals surface area contributed by atoms with Crippen LogP contribution in [0.5, 0.6) is 0 Å². The summed E-state index contributed by atoms with van der Waals surface area (Å²) < 4.78 is 1.78. The van der Waals surface area contributed by atoms with E-state index >= 15 is 0 Å². The minimum atomic E-state index is -0.172. The number of hydrogen-bond donors (Lipinski definition) is 2. The molecular weight excluding hydrogens is 302 g/mol. The van der Waals surface area contributed by atoms with Crippen LogP contribution in [0.1, 0.15) is 32.6 Å². The highest BCUT2D eigenvalue weighted by atomic mass is 16.3. The average molecular weight is 325 g/mol. The summed E-state index contributed by atoms with van der Waals surface area (Å²) in [5.41, 5.74) is 3.34. The lowest BCUT2D eigenvalue weighted by molar-refractivity contribution is 0.126. The van der Waals surface area contributed by atoms with E-state index in [0.29, 0.717) is 6.04 Å². The van der Waals surface area contributed by atoms with Gasteiger partial charge in [0.25, 0.3) is 0 Å². The molecule has 0 bridgehead atoms. The van der Waals surface area contributed by atoms with E-state index in [1.807, 2.05) is 6.07 Å². The quantitative estimate of drug-likeness (QED) is 0.774. The van der Waals surface area contributed by atoms with E-state index in [1.54, 1.807) is 17.3 Å². The number of aliphatic hydroxyl groups excluding tert-OH is 1. The Morgan fingerprint density at radius 1 is 1.38 bits per heavy atom. The van der Waals surface area contributed by atoms with Gasteiger partial charge in [-0.15, -0.1) is 0 Å². The first-order chi connectivity index (χ1) is 11.8. The second kappa shape index (κ2) is 6.28. The Hall–Kier alpha value is -2.34. The van der Waals surface area contributed by atoms with Gasteiger partial charge in [0.05, 0.1) is 17.5 Å². The number of aliphatic hydroxyl groups is 1. The fraction of sp³-hybridized carbons (Fsp3) is 0.444. The summed E-state index contributed by atoms with van der Waals surface area (Å²) in [5.74, 6) is 0. The van der Waals surface area contributed by atoms with Gasteiger partial charge in [0, 0.05) is 29.7 Å². The van der Waals surface area contributed by atoms with Gasteiger partial charge in [-0.3, -0.25) is 0 Å². The van der Waals surface area contributed by atoms with Crippen LogP contribution in [0.15, 0.2) is 37.1 Å². The summed E-state index contributed by atoms with van der Waals surface area (Å²) in [6.07, 6.45) is 9.09. The van der Waals surface area contributed by atoms with Gasteiger partial charge in [0.15, 0.2) is 0 Å². The lowest BCUT2D eigenvalue weighted by atomic mass is 9.95. The normalized spacial score (nSPS) is 21.5. The molecule has 2 atom stereocenters. The fourth-order valence-corrected chi connectivity index (χ4v) is 3.77. The molecular formula is C18H23N5O. The van der Waals surface area contributed by atoms with Crippen molar-refractivity contribution in [1.29, 1.82) is 0 Å². The van der Waals surface area contributed by atoms with Crippen LogP contribution in [0.4, 0.5) is 5.69 Å². The zero-order valence-electron chi connectivity index (χ0n) is 13.9. The highest BCUT2D eigenvalue weighted by Gasteiger charge is 2.28. The van der Waals surface area contributed by atoms with Crippen LogP contribution in [0.3, 0.4) is 0 Å². The number of nitrogens with one attached hydrogen (secondary N) is 1. The SMILES string of the molecule is CCCC1CC(O)CCN1c1c[nH]c2ccc(-n3cncn3)cc12. The summed E-state index contributed by atoms with van der Waals surface area (Å²) in [6, 6.07) is 6.68. The first-order valence-electron chi connectivity index (χ1n) is 8.67. The van der Waals surface area contributed by atoms with Crippen LogP contribution in [0.25, 0.3) is 16.6 Å². The van der Waals surface area contributed by atoms with Crippen LogP contribution in [-0.2, 0) is 0 Å². The zero-order chi connectivity index (χ0) is 16.5. The van der Waals surface area contributed by atoms with E-state index in [1.165, 1.54) is 11.1 Å². The van der Waals surface area contributed by atoms with Gasteiger partial charge in [-0.25, -0.2) is 9.67 Å². The molecule has 1 aromatic carbocycles. The number of nitrogens with zero attached hydrogens (tertiary/aromatic N) is 4. The second-order valence-electron chi connectivity index (χ2n) is 6.56. The van der Waals surface area contributed by atoms with Crippen LogP contribution < -0.4 is 4.90 Å². The molecule has 1 fully saturated rings. The summed E-state index contributed by atoms with van der Waals surface area (Å²) >= 11 is 0. The third-order valence-electron chi connectivity index (χ3n) is 4.95. The van der Waals surface area contributed by atoms with Crippen molar-refractivity contribution in [1.82, 2.24) is 19.7 Å². The summed E-state index contributed by atoms with van der Waals surface area (Å²) in [7, 11) is 0. The van der Waals surface area contributed by atoms with E-state index in [4.69, 9.17) is 0 Å². The Labute approximate surface area is 141 Å². The average Bonchev–Trinajstić information content (AvgIpc) is 3.24. The molecule has 1 aliphatic heterocycles. The van der Waals surface area contributed by atoms with Gasteiger partial charge in [0.1, 0.15) is 12.7 Å². The Kier molecular flexibility index (Phi) is 3.98. The highest BCUT2D eigenvalue weighted by molar-refractivity contribution is 5.94. The van der Waals surface area contributed by atoms with Crippen molar-refractivity contribution in [2.45, 2.75) is 44.8 Å². The maximum atomic E-state index is 10.1. The molecule has 0 aliphatic carbocycles. The first kappa shape index (κ1) is 15.2. The fourth-order valence-electron chi connectivity index (χ4n) is 3.77. The molecule has 126 valence electrons. The number of benzene rings is 1. The van der Waals surface area contributed by atoms with Gasteiger partial charge in [0.2, 0.25) is 0 Å². The monoisotopic (exact) mass is 325 g/mol. The van der Waals surface area contributed by atoms with Crippen LogP contribution in [-0.4, -0.2) is 43.5 Å². The van der Waals surface area contributed by atoms with E-state index in [2.05, 4.69) is 45.2 Å². The minimum Gasteiger partial charge on any atom is -0.393 e. The summed E-state index contributed by atoms with van der Waals surface area (Å²) in [5, 5.41) is 15.5. The molecule has 1 saturated heterocycles.